The average molecular weight is 379 g/mol. The van der Waals surface area contributed by atoms with Crippen LogP contribution in [0, 0.1) is 0 Å². The fourth-order valence-electron chi connectivity index (χ4n) is 3.86. The van der Waals surface area contributed by atoms with Gasteiger partial charge >= 0.3 is 7.12 Å². The zero-order valence-electron chi connectivity index (χ0n) is 15.6. The minimum Gasteiger partial charge on any atom is -0.496 e. The van der Waals surface area contributed by atoms with E-state index in [1.54, 1.807) is 19.4 Å². The second kappa shape index (κ2) is 7.75. The summed E-state index contributed by atoms with van der Waals surface area (Å²) in [6.07, 6.45) is 3.39. The molecule has 28 heavy (non-hydrogen) atoms. The molecule has 2 heterocycles. The third kappa shape index (κ3) is 3.42. The van der Waals surface area contributed by atoms with Gasteiger partial charge in [0.05, 0.1) is 13.3 Å². The SMILES string of the molecule is COc1c(-c2ccc3c(N)nncc3c2)cc(B(O)O)cc1C1CCOCC1. The highest BCUT2D eigenvalue weighted by Crippen LogP contribution is 2.40. The van der Waals surface area contributed by atoms with Gasteiger partial charge in [0.15, 0.2) is 5.82 Å². The Kier molecular flexibility index (Phi) is 5.17. The van der Waals surface area contributed by atoms with Crippen molar-refractivity contribution in [2.75, 3.05) is 26.1 Å². The van der Waals surface area contributed by atoms with Crippen LogP contribution >= 0.6 is 0 Å². The predicted octanol–water partition coefficient (Wildman–Crippen LogP) is 1.46. The number of hydrogen-bond donors (Lipinski definition) is 3. The van der Waals surface area contributed by atoms with Crippen LogP contribution in [0.5, 0.6) is 5.75 Å². The van der Waals surface area contributed by atoms with Gasteiger partial charge in [0.25, 0.3) is 0 Å². The highest BCUT2D eigenvalue weighted by atomic mass is 16.5. The number of benzene rings is 2. The summed E-state index contributed by atoms with van der Waals surface area (Å²) < 4.78 is 11.3. The molecule has 8 heteroatoms. The Labute approximate surface area is 163 Å². The maximum atomic E-state index is 9.84. The highest BCUT2D eigenvalue weighted by molar-refractivity contribution is 6.58. The number of aromatic nitrogens is 2. The van der Waals surface area contributed by atoms with Crippen LogP contribution < -0.4 is 15.9 Å². The molecule has 0 amide bonds. The first-order valence-electron chi connectivity index (χ1n) is 9.25. The van der Waals surface area contributed by atoms with Crippen molar-refractivity contribution in [3.8, 4) is 16.9 Å². The Hall–Kier alpha value is -2.68. The van der Waals surface area contributed by atoms with Crippen LogP contribution in [0.4, 0.5) is 5.82 Å². The fourth-order valence-corrected chi connectivity index (χ4v) is 3.86. The molecule has 0 saturated carbocycles. The van der Waals surface area contributed by atoms with Crippen LogP contribution in [0.3, 0.4) is 0 Å². The third-order valence-electron chi connectivity index (χ3n) is 5.30. The van der Waals surface area contributed by atoms with E-state index in [4.69, 9.17) is 15.2 Å². The largest absolute Gasteiger partial charge is 0.496 e. The number of rotatable bonds is 4. The van der Waals surface area contributed by atoms with E-state index in [0.717, 1.165) is 46.1 Å². The van der Waals surface area contributed by atoms with Gasteiger partial charge in [0.1, 0.15) is 5.75 Å². The van der Waals surface area contributed by atoms with E-state index in [1.165, 1.54) is 0 Å². The minimum atomic E-state index is -1.56. The number of nitrogens with zero attached hydrogens (tertiary/aromatic N) is 2. The lowest BCUT2D eigenvalue weighted by Crippen LogP contribution is -2.31. The molecule has 4 N–H and O–H groups in total. The molecule has 0 aliphatic carbocycles. The smallest absolute Gasteiger partial charge is 0.488 e. The molecule has 1 aliphatic rings. The number of hydrogen-bond acceptors (Lipinski definition) is 7. The van der Waals surface area contributed by atoms with Gasteiger partial charge in [-0.3, -0.25) is 0 Å². The number of anilines is 1. The van der Waals surface area contributed by atoms with E-state index in [0.29, 0.717) is 24.5 Å². The first-order valence-corrected chi connectivity index (χ1v) is 9.25. The van der Waals surface area contributed by atoms with Gasteiger partial charge in [-0.15, -0.1) is 5.10 Å². The van der Waals surface area contributed by atoms with E-state index in [9.17, 15) is 10.0 Å². The Morgan fingerprint density at radius 1 is 1.18 bits per heavy atom. The van der Waals surface area contributed by atoms with Gasteiger partial charge in [0, 0.05) is 29.5 Å². The standard InChI is InChI=1S/C20H22BN3O4/c1-27-19-17(12-4-6-28-7-5-12)9-15(21(25)26)10-18(19)13-2-3-16-14(8-13)11-23-24-20(16)22/h2-3,8-12,25-26H,4-7H2,1H3,(H2,22,24). The molecule has 3 aromatic rings. The van der Waals surface area contributed by atoms with Crippen molar-refractivity contribution in [2.45, 2.75) is 18.8 Å². The highest BCUT2D eigenvalue weighted by Gasteiger charge is 2.25. The summed E-state index contributed by atoms with van der Waals surface area (Å²) >= 11 is 0. The normalized spacial score (nSPS) is 15.0. The zero-order chi connectivity index (χ0) is 19.7. The molecule has 1 aromatic heterocycles. The Morgan fingerprint density at radius 2 is 1.96 bits per heavy atom. The van der Waals surface area contributed by atoms with E-state index < -0.39 is 7.12 Å². The van der Waals surface area contributed by atoms with Gasteiger partial charge in [-0.1, -0.05) is 18.2 Å². The summed E-state index contributed by atoms with van der Waals surface area (Å²) in [5, 5.41) is 29.2. The predicted molar refractivity (Wildman–Crippen MR) is 109 cm³/mol. The number of fused-ring (bicyclic) bond motifs is 1. The maximum absolute atomic E-state index is 9.84. The average Bonchev–Trinajstić information content (AvgIpc) is 2.73. The second-order valence-electron chi connectivity index (χ2n) is 6.98. The number of methoxy groups -OCH3 is 1. The van der Waals surface area contributed by atoms with Crippen LogP contribution in [0.1, 0.15) is 24.3 Å². The fraction of sp³-hybridized carbons (Fsp3) is 0.300. The van der Waals surface area contributed by atoms with Gasteiger partial charge < -0.3 is 25.3 Å². The monoisotopic (exact) mass is 379 g/mol. The van der Waals surface area contributed by atoms with E-state index in [1.807, 2.05) is 24.3 Å². The summed E-state index contributed by atoms with van der Waals surface area (Å²) in [5.41, 5.74) is 9.00. The molecule has 1 fully saturated rings. The molecule has 0 radical (unpaired) electrons. The van der Waals surface area contributed by atoms with Gasteiger partial charge in [-0.05, 0) is 47.5 Å². The lowest BCUT2D eigenvalue weighted by molar-refractivity contribution is 0.0848. The van der Waals surface area contributed by atoms with Crippen molar-refractivity contribution in [3.63, 3.8) is 0 Å². The van der Waals surface area contributed by atoms with Gasteiger partial charge in [-0.2, -0.15) is 5.10 Å². The summed E-state index contributed by atoms with van der Waals surface area (Å²) in [7, 11) is 0.0755. The molecule has 7 nitrogen and oxygen atoms in total. The lowest BCUT2D eigenvalue weighted by atomic mass is 9.75. The van der Waals surface area contributed by atoms with Crippen LogP contribution in [-0.2, 0) is 4.74 Å². The topological polar surface area (TPSA) is 111 Å². The molecule has 144 valence electrons. The van der Waals surface area contributed by atoms with E-state index >= 15 is 0 Å². The van der Waals surface area contributed by atoms with Gasteiger partial charge in [-0.25, -0.2) is 0 Å². The van der Waals surface area contributed by atoms with Crippen molar-refractivity contribution in [2.24, 2.45) is 0 Å². The second-order valence-corrected chi connectivity index (χ2v) is 6.98. The zero-order valence-corrected chi connectivity index (χ0v) is 15.6. The van der Waals surface area contributed by atoms with E-state index in [2.05, 4.69) is 10.2 Å². The van der Waals surface area contributed by atoms with Crippen LogP contribution in [0.15, 0.2) is 36.5 Å². The Morgan fingerprint density at radius 3 is 2.68 bits per heavy atom. The van der Waals surface area contributed by atoms with E-state index in [-0.39, 0.29) is 5.92 Å². The summed E-state index contributed by atoms with van der Waals surface area (Å²) in [6, 6.07) is 9.36. The van der Waals surface area contributed by atoms with Crippen molar-refractivity contribution in [1.82, 2.24) is 10.2 Å². The molecule has 4 rings (SSSR count). The molecular formula is C20H22BN3O4. The van der Waals surface area contributed by atoms with Gasteiger partial charge in [0.2, 0.25) is 0 Å². The summed E-state index contributed by atoms with van der Waals surface area (Å²) in [4.78, 5) is 0. The van der Waals surface area contributed by atoms with Crippen molar-refractivity contribution >= 4 is 29.2 Å². The molecule has 0 atom stereocenters. The van der Waals surface area contributed by atoms with Crippen molar-refractivity contribution in [1.29, 1.82) is 0 Å². The molecule has 0 bridgehead atoms. The molecular weight excluding hydrogens is 357 g/mol. The van der Waals surface area contributed by atoms with Crippen LogP contribution in [0.25, 0.3) is 21.9 Å². The minimum absolute atomic E-state index is 0.239. The first-order chi connectivity index (χ1) is 13.6. The summed E-state index contributed by atoms with van der Waals surface area (Å²) in [6.45, 7) is 1.37. The van der Waals surface area contributed by atoms with Crippen LogP contribution in [0.2, 0.25) is 0 Å². The number of nitrogen functional groups attached to an aromatic ring is 1. The lowest BCUT2D eigenvalue weighted by Gasteiger charge is -2.26. The third-order valence-corrected chi connectivity index (χ3v) is 5.30. The number of ether oxygens (including phenoxy) is 2. The quantitative estimate of drug-likeness (QED) is 0.589. The van der Waals surface area contributed by atoms with Crippen molar-refractivity contribution in [3.05, 3.63) is 42.1 Å². The molecule has 1 aliphatic heterocycles. The number of nitrogens with two attached hydrogens (primary N) is 1. The maximum Gasteiger partial charge on any atom is 0.488 e. The molecule has 2 aromatic carbocycles. The van der Waals surface area contributed by atoms with Crippen molar-refractivity contribution < 1.29 is 19.5 Å². The Balaban J connectivity index is 1.90. The molecule has 0 unspecified atom stereocenters. The van der Waals surface area contributed by atoms with Crippen LogP contribution in [-0.4, -0.2) is 47.7 Å². The Bertz CT molecular complexity index is 1010. The summed E-state index contributed by atoms with van der Waals surface area (Å²) in [5.74, 6) is 1.35. The first kappa shape index (κ1) is 18.7. The molecule has 1 saturated heterocycles. The molecule has 0 spiro atoms.